The molecule has 11 nitrogen and oxygen atoms in total. The molecule has 1 aliphatic carbocycles. The van der Waals surface area contributed by atoms with Crippen molar-refractivity contribution in [2.45, 2.75) is 38.8 Å². The molecule has 0 bridgehead atoms. The van der Waals surface area contributed by atoms with E-state index in [1.54, 1.807) is 6.92 Å². The van der Waals surface area contributed by atoms with Crippen LogP contribution in [0.4, 0.5) is 0 Å². The van der Waals surface area contributed by atoms with Gasteiger partial charge >= 0.3 is 0 Å². The molecule has 2 aliphatic rings. The fourth-order valence-corrected chi connectivity index (χ4v) is 3.81. The standard InChI is InChI=1S/C22H13N11/c1-4-10(2)21-22(3,9-27)33-20-18-16(29-13(7-25)14(8-26)31-18)15-17(19(20)32-21)30-12(6-24)11(5-23)28-15/h19,32H,4H2,1-3H3/b21-10-. The van der Waals surface area contributed by atoms with Crippen molar-refractivity contribution in [1.29, 1.82) is 26.3 Å². The van der Waals surface area contributed by atoms with Crippen LogP contribution in [0.5, 0.6) is 0 Å². The highest BCUT2D eigenvalue weighted by Crippen LogP contribution is 2.41. The van der Waals surface area contributed by atoms with Gasteiger partial charge in [0.2, 0.25) is 0 Å². The van der Waals surface area contributed by atoms with Crippen molar-refractivity contribution >= 4 is 5.71 Å². The number of hydrogen-bond donors (Lipinski definition) is 1. The van der Waals surface area contributed by atoms with Crippen LogP contribution in [0.25, 0.3) is 11.4 Å². The summed E-state index contributed by atoms with van der Waals surface area (Å²) in [5.74, 6) is 0. The van der Waals surface area contributed by atoms with Crippen LogP contribution < -0.4 is 5.32 Å². The normalized spacial score (nSPS) is 21.2. The van der Waals surface area contributed by atoms with Gasteiger partial charge in [0.15, 0.2) is 28.3 Å². The zero-order chi connectivity index (χ0) is 23.9. The van der Waals surface area contributed by atoms with E-state index in [1.165, 1.54) is 0 Å². The monoisotopic (exact) mass is 431 g/mol. The molecule has 2 unspecified atom stereocenters. The minimum Gasteiger partial charge on any atom is -0.372 e. The van der Waals surface area contributed by atoms with Crippen LogP contribution in [0.3, 0.4) is 0 Å². The SMILES string of the molecule is CC/C(C)=C1\NC2C(=NC1(C)C#N)c1nc(C#N)c(C#N)nc1-c1nc(C#N)c(C#N)nc12. The Kier molecular flexibility index (Phi) is 4.79. The molecule has 2 aromatic rings. The summed E-state index contributed by atoms with van der Waals surface area (Å²) in [4.78, 5) is 21.9. The van der Waals surface area contributed by atoms with Crippen molar-refractivity contribution in [2.24, 2.45) is 4.99 Å². The Bertz CT molecular complexity index is 1510. The van der Waals surface area contributed by atoms with Crippen LogP contribution in [0.2, 0.25) is 0 Å². The minimum atomic E-state index is -1.28. The number of fused-ring (bicyclic) bond motifs is 6. The predicted molar refractivity (Wildman–Crippen MR) is 111 cm³/mol. The number of nitrogens with one attached hydrogen (secondary N) is 1. The molecule has 3 heterocycles. The van der Waals surface area contributed by atoms with E-state index in [4.69, 9.17) is 4.99 Å². The second-order valence-electron chi connectivity index (χ2n) is 7.49. The molecular weight excluding hydrogens is 418 g/mol. The maximum atomic E-state index is 9.96. The van der Waals surface area contributed by atoms with Gasteiger partial charge in [0.1, 0.15) is 47.4 Å². The Morgan fingerprint density at radius 1 is 0.848 bits per heavy atom. The molecule has 0 fully saturated rings. The fraction of sp³-hybridized carbons (Fsp3) is 0.273. The van der Waals surface area contributed by atoms with Crippen LogP contribution in [-0.2, 0) is 0 Å². The first-order valence-electron chi connectivity index (χ1n) is 9.78. The van der Waals surface area contributed by atoms with Crippen LogP contribution in [-0.4, -0.2) is 31.2 Å². The molecule has 0 saturated carbocycles. The minimum absolute atomic E-state index is 0.103. The van der Waals surface area contributed by atoms with Gasteiger partial charge in [0.25, 0.3) is 0 Å². The quantitative estimate of drug-likeness (QED) is 0.695. The summed E-state index contributed by atoms with van der Waals surface area (Å²) in [6.07, 6.45) is 0.660. The molecule has 156 valence electrons. The lowest BCUT2D eigenvalue weighted by Crippen LogP contribution is -2.47. The molecule has 0 spiro atoms. The van der Waals surface area contributed by atoms with E-state index in [-0.39, 0.29) is 51.3 Å². The second-order valence-corrected chi connectivity index (χ2v) is 7.49. The van der Waals surface area contributed by atoms with Gasteiger partial charge in [0.05, 0.1) is 23.2 Å². The molecule has 4 rings (SSSR count). The number of allylic oxidation sites excluding steroid dienone is 1. The van der Waals surface area contributed by atoms with Gasteiger partial charge in [0, 0.05) is 0 Å². The fourth-order valence-electron chi connectivity index (χ4n) is 3.81. The highest BCUT2D eigenvalue weighted by atomic mass is 15.1. The molecule has 33 heavy (non-hydrogen) atoms. The summed E-state index contributed by atoms with van der Waals surface area (Å²) in [6, 6.07) is 8.86. The molecule has 1 aliphatic heterocycles. The van der Waals surface area contributed by atoms with Crippen LogP contribution in [0.15, 0.2) is 16.3 Å². The average molecular weight is 431 g/mol. The van der Waals surface area contributed by atoms with Crippen molar-refractivity contribution < 1.29 is 0 Å². The van der Waals surface area contributed by atoms with Crippen molar-refractivity contribution in [1.82, 2.24) is 25.3 Å². The van der Waals surface area contributed by atoms with Gasteiger partial charge in [-0.1, -0.05) is 12.5 Å². The van der Waals surface area contributed by atoms with Gasteiger partial charge in [-0.3, -0.25) is 4.99 Å². The third kappa shape index (κ3) is 2.95. The predicted octanol–water partition coefficient (Wildman–Crippen LogP) is 1.83. The number of hydrogen-bond acceptors (Lipinski definition) is 11. The molecule has 2 aromatic heterocycles. The lowest BCUT2D eigenvalue weighted by molar-refractivity contribution is 0.542. The third-order valence-corrected chi connectivity index (χ3v) is 5.55. The molecule has 0 radical (unpaired) electrons. The highest BCUT2D eigenvalue weighted by Gasteiger charge is 2.45. The van der Waals surface area contributed by atoms with E-state index < -0.39 is 11.6 Å². The zero-order valence-electron chi connectivity index (χ0n) is 17.8. The van der Waals surface area contributed by atoms with Gasteiger partial charge in [-0.05, 0) is 20.3 Å². The number of aliphatic imine (C=N–C) groups is 1. The smallest absolute Gasteiger partial charge is 0.183 e. The lowest BCUT2D eigenvalue weighted by atomic mass is 9.85. The van der Waals surface area contributed by atoms with E-state index in [9.17, 15) is 26.3 Å². The topological polar surface area (TPSA) is 195 Å². The molecule has 0 amide bonds. The molecule has 0 saturated heterocycles. The average Bonchev–Trinajstić information content (AvgIpc) is 2.86. The third-order valence-electron chi connectivity index (χ3n) is 5.55. The highest BCUT2D eigenvalue weighted by molar-refractivity contribution is 6.11. The molecular formula is C22H13N11. The number of nitrogens with zero attached hydrogens (tertiary/aromatic N) is 10. The van der Waals surface area contributed by atoms with Gasteiger partial charge in [-0.25, -0.2) is 19.9 Å². The molecule has 11 heteroatoms. The summed E-state index contributed by atoms with van der Waals surface area (Å²) < 4.78 is 0. The van der Waals surface area contributed by atoms with Gasteiger partial charge < -0.3 is 5.32 Å². The zero-order valence-corrected chi connectivity index (χ0v) is 17.8. The van der Waals surface area contributed by atoms with E-state index in [1.807, 2.05) is 38.1 Å². The molecule has 0 aromatic carbocycles. The van der Waals surface area contributed by atoms with E-state index in [2.05, 4.69) is 31.3 Å². The van der Waals surface area contributed by atoms with Gasteiger partial charge in [-0.2, -0.15) is 26.3 Å². The summed E-state index contributed by atoms with van der Waals surface area (Å²) >= 11 is 0. The van der Waals surface area contributed by atoms with Crippen LogP contribution in [0.1, 0.15) is 67.4 Å². The first-order valence-corrected chi connectivity index (χ1v) is 9.78. The largest absolute Gasteiger partial charge is 0.372 e. The summed E-state index contributed by atoms with van der Waals surface area (Å²) in [5.41, 5.74) is 0.377. The van der Waals surface area contributed by atoms with Crippen molar-refractivity contribution in [2.75, 3.05) is 0 Å². The van der Waals surface area contributed by atoms with Crippen LogP contribution >= 0.6 is 0 Å². The number of nitriles is 5. The Morgan fingerprint density at radius 3 is 1.88 bits per heavy atom. The van der Waals surface area contributed by atoms with Gasteiger partial charge in [-0.15, -0.1) is 0 Å². The maximum absolute atomic E-state index is 9.96. The van der Waals surface area contributed by atoms with Crippen molar-refractivity contribution in [3.8, 4) is 41.7 Å². The Balaban J connectivity index is 2.17. The molecule has 2 atom stereocenters. The second kappa shape index (κ2) is 7.50. The lowest BCUT2D eigenvalue weighted by Gasteiger charge is -2.38. The first kappa shape index (κ1) is 21.1. The summed E-state index contributed by atoms with van der Waals surface area (Å²) in [6.45, 7) is 5.49. The summed E-state index contributed by atoms with van der Waals surface area (Å²) in [5, 5.41) is 51.1. The maximum Gasteiger partial charge on any atom is 0.183 e. The van der Waals surface area contributed by atoms with Crippen molar-refractivity contribution in [3.63, 3.8) is 0 Å². The van der Waals surface area contributed by atoms with Crippen LogP contribution in [0, 0.1) is 56.7 Å². The Morgan fingerprint density at radius 2 is 1.36 bits per heavy atom. The van der Waals surface area contributed by atoms with E-state index in [0.717, 1.165) is 5.57 Å². The summed E-state index contributed by atoms with van der Waals surface area (Å²) in [7, 11) is 0. The van der Waals surface area contributed by atoms with Crippen molar-refractivity contribution in [3.05, 3.63) is 45.4 Å². The number of rotatable bonds is 1. The van der Waals surface area contributed by atoms with E-state index >= 15 is 0 Å². The Labute approximate surface area is 188 Å². The Hall–Kier alpha value is -5.18. The first-order chi connectivity index (χ1) is 15.8. The number of aromatic nitrogens is 4. The van der Waals surface area contributed by atoms with E-state index in [0.29, 0.717) is 12.1 Å². The molecule has 1 N–H and O–H groups in total.